The number of amides is 2. The number of aliphatic hydroxyl groups excluding tert-OH is 1. The number of rotatable bonds is 5. The molecule has 4 N–H and O–H groups in total. The zero-order valence-electron chi connectivity index (χ0n) is 13.2. The highest BCUT2D eigenvalue weighted by molar-refractivity contribution is 7.20. The summed E-state index contributed by atoms with van der Waals surface area (Å²) in [4.78, 5) is 24.8. The van der Waals surface area contributed by atoms with Gasteiger partial charge in [0.25, 0.3) is 11.8 Å². The van der Waals surface area contributed by atoms with E-state index in [4.69, 9.17) is 5.73 Å². The van der Waals surface area contributed by atoms with Crippen LogP contribution in [-0.4, -0.2) is 16.9 Å². The summed E-state index contributed by atoms with van der Waals surface area (Å²) < 4.78 is 0. The molecular formula is C19H16N2O3S. The van der Waals surface area contributed by atoms with Gasteiger partial charge in [-0.2, -0.15) is 0 Å². The average molecular weight is 352 g/mol. The van der Waals surface area contributed by atoms with Crippen molar-refractivity contribution in [3.63, 3.8) is 0 Å². The van der Waals surface area contributed by atoms with E-state index in [2.05, 4.69) is 5.32 Å². The molecule has 1 atom stereocenters. The summed E-state index contributed by atoms with van der Waals surface area (Å²) in [5, 5.41) is 13.1. The topological polar surface area (TPSA) is 92.4 Å². The van der Waals surface area contributed by atoms with Gasteiger partial charge in [-0.3, -0.25) is 9.59 Å². The Morgan fingerprint density at radius 3 is 2.20 bits per heavy atom. The van der Waals surface area contributed by atoms with Gasteiger partial charge in [0.2, 0.25) is 0 Å². The fourth-order valence-electron chi connectivity index (χ4n) is 2.38. The van der Waals surface area contributed by atoms with E-state index in [0.717, 1.165) is 10.4 Å². The molecule has 0 spiro atoms. The molecule has 2 aromatic carbocycles. The molecule has 1 aromatic heterocycles. The molecule has 0 aliphatic heterocycles. The second-order valence-corrected chi connectivity index (χ2v) is 6.44. The minimum Gasteiger partial charge on any atom is -0.378 e. The highest BCUT2D eigenvalue weighted by atomic mass is 32.1. The Balaban J connectivity index is 1.88. The van der Waals surface area contributed by atoms with Gasteiger partial charge >= 0.3 is 0 Å². The van der Waals surface area contributed by atoms with Gasteiger partial charge in [0, 0.05) is 4.88 Å². The zero-order chi connectivity index (χ0) is 17.8. The predicted molar refractivity (Wildman–Crippen MR) is 98.3 cm³/mol. The van der Waals surface area contributed by atoms with Crippen LogP contribution < -0.4 is 11.1 Å². The van der Waals surface area contributed by atoms with Crippen molar-refractivity contribution in [3.8, 4) is 10.4 Å². The standard InChI is InChI=1S/C19H16N2O3S/c20-17(23)14-11-15(12-7-3-1-4-8-12)25-19(14)21-18(24)16(22)13-9-5-2-6-10-13/h1-11,16,22H,(H2,20,23)(H,21,24). The molecule has 1 heterocycles. The molecule has 3 aromatic rings. The molecule has 25 heavy (non-hydrogen) atoms. The Bertz CT molecular complexity index is 892. The molecule has 6 heteroatoms. The van der Waals surface area contributed by atoms with Gasteiger partial charge in [-0.15, -0.1) is 11.3 Å². The van der Waals surface area contributed by atoms with Gasteiger partial charge in [0.15, 0.2) is 6.10 Å². The second-order valence-electron chi connectivity index (χ2n) is 5.39. The Hall–Kier alpha value is -2.96. The number of aliphatic hydroxyl groups is 1. The van der Waals surface area contributed by atoms with Crippen LogP contribution in [0.15, 0.2) is 66.7 Å². The van der Waals surface area contributed by atoms with Gasteiger partial charge < -0.3 is 16.2 Å². The van der Waals surface area contributed by atoms with Gasteiger partial charge in [0.1, 0.15) is 5.00 Å². The molecule has 0 radical (unpaired) electrons. The third kappa shape index (κ3) is 3.76. The van der Waals surface area contributed by atoms with Gasteiger partial charge in [-0.05, 0) is 17.2 Å². The van der Waals surface area contributed by atoms with Crippen molar-refractivity contribution >= 4 is 28.2 Å². The largest absolute Gasteiger partial charge is 0.378 e. The molecule has 0 aliphatic carbocycles. The van der Waals surface area contributed by atoms with Crippen LogP contribution in [0.3, 0.4) is 0 Å². The molecule has 0 bridgehead atoms. The highest BCUT2D eigenvalue weighted by Gasteiger charge is 2.21. The number of carbonyl (C=O) groups is 2. The fourth-order valence-corrected chi connectivity index (χ4v) is 3.45. The van der Waals surface area contributed by atoms with Crippen LogP contribution >= 0.6 is 11.3 Å². The number of nitrogens with one attached hydrogen (secondary N) is 1. The van der Waals surface area contributed by atoms with Crippen molar-refractivity contribution in [2.45, 2.75) is 6.10 Å². The smallest absolute Gasteiger partial charge is 0.258 e. The van der Waals surface area contributed by atoms with E-state index >= 15 is 0 Å². The van der Waals surface area contributed by atoms with Gasteiger partial charge in [0.05, 0.1) is 5.56 Å². The molecule has 1 unspecified atom stereocenters. The minimum absolute atomic E-state index is 0.220. The number of anilines is 1. The van der Waals surface area contributed by atoms with Crippen molar-refractivity contribution in [1.82, 2.24) is 0 Å². The summed E-state index contributed by atoms with van der Waals surface area (Å²) in [7, 11) is 0. The maximum Gasteiger partial charge on any atom is 0.258 e. The normalized spacial score (nSPS) is 11.7. The Kier molecular flexibility index (Phi) is 4.92. The number of thiophene rings is 1. The van der Waals surface area contributed by atoms with Crippen LogP contribution in [0.25, 0.3) is 10.4 Å². The van der Waals surface area contributed by atoms with E-state index in [1.165, 1.54) is 11.3 Å². The number of primary amides is 1. The lowest BCUT2D eigenvalue weighted by atomic mass is 10.1. The van der Waals surface area contributed by atoms with Gasteiger partial charge in [-0.1, -0.05) is 60.7 Å². The highest BCUT2D eigenvalue weighted by Crippen LogP contribution is 2.35. The SMILES string of the molecule is NC(=O)c1cc(-c2ccccc2)sc1NC(=O)C(O)c1ccccc1. The number of nitrogens with two attached hydrogens (primary N) is 1. The van der Waals surface area contributed by atoms with E-state index in [1.807, 2.05) is 30.3 Å². The summed E-state index contributed by atoms with van der Waals surface area (Å²) in [6.45, 7) is 0. The lowest BCUT2D eigenvalue weighted by molar-refractivity contribution is -0.124. The maximum atomic E-state index is 12.3. The summed E-state index contributed by atoms with van der Waals surface area (Å²) in [6.07, 6.45) is -1.33. The fraction of sp³-hybridized carbons (Fsp3) is 0.0526. The summed E-state index contributed by atoms with van der Waals surface area (Å²) in [5.74, 6) is -1.25. The van der Waals surface area contributed by atoms with Crippen LogP contribution in [0.2, 0.25) is 0 Å². The maximum absolute atomic E-state index is 12.3. The summed E-state index contributed by atoms with van der Waals surface area (Å²) in [5.41, 5.74) is 7.03. The Morgan fingerprint density at radius 2 is 1.60 bits per heavy atom. The molecule has 3 rings (SSSR count). The van der Waals surface area contributed by atoms with Crippen molar-refractivity contribution in [2.24, 2.45) is 5.73 Å². The van der Waals surface area contributed by atoms with Crippen LogP contribution in [0, 0.1) is 0 Å². The first kappa shape index (κ1) is 16.9. The van der Waals surface area contributed by atoms with Crippen molar-refractivity contribution in [1.29, 1.82) is 0 Å². The first-order valence-corrected chi connectivity index (χ1v) is 8.41. The quantitative estimate of drug-likeness (QED) is 0.658. The molecule has 0 fully saturated rings. The van der Waals surface area contributed by atoms with Crippen LogP contribution in [0.4, 0.5) is 5.00 Å². The van der Waals surface area contributed by atoms with E-state index in [9.17, 15) is 14.7 Å². The first-order chi connectivity index (χ1) is 12.1. The number of hydrogen-bond donors (Lipinski definition) is 3. The first-order valence-electron chi connectivity index (χ1n) is 7.59. The zero-order valence-corrected chi connectivity index (χ0v) is 14.0. The lowest BCUT2D eigenvalue weighted by Crippen LogP contribution is -2.22. The third-order valence-corrected chi connectivity index (χ3v) is 4.76. The lowest BCUT2D eigenvalue weighted by Gasteiger charge is -2.11. The van der Waals surface area contributed by atoms with Crippen LogP contribution in [0.1, 0.15) is 22.0 Å². The van der Waals surface area contributed by atoms with Crippen LogP contribution in [0.5, 0.6) is 0 Å². The van der Waals surface area contributed by atoms with E-state index in [0.29, 0.717) is 10.6 Å². The number of carbonyl (C=O) groups excluding carboxylic acids is 2. The Labute approximate surface area is 148 Å². The number of hydrogen-bond acceptors (Lipinski definition) is 4. The molecule has 126 valence electrons. The predicted octanol–water partition coefficient (Wildman–Crippen LogP) is 3.19. The van der Waals surface area contributed by atoms with Crippen molar-refractivity contribution in [3.05, 3.63) is 77.9 Å². The third-order valence-electron chi connectivity index (χ3n) is 3.66. The Morgan fingerprint density at radius 1 is 1.00 bits per heavy atom. The van der Waals surface area contributed by atoms with Crippen molar-refractivity contribution in [2.75, 3.05) is 5.32 Å². The van der Waals surface area contributed by atoms with E-state index < -0.39 is 17.9 Å². The van der Waals surface area contributed by atoms with Gasteiger partial charge in [-0.25, -0.2) is 0 Å². The molecule has 0 saturated heterocycles. The second kappa shape index (κ2) is 7.29. The molecule has 0 aliphatic rings. The molecule has 0 saturated carbocycles. The van der Waals surface area contributed by atoms with E-state index in [1.54, 1.807) is 36.4 Å². The van der Waals surface area contributed by atoms with Crippen molar-refractivity contribution < 1.29 is 14.7 Å². The molecule has 5 nitrogen and oxygen atoms in total. The minimum atomic E-state index is -1.33. The molecular weight excluding hydrogens is 336 g/mol. The average Bonchev–Trinajstić information content (AvgIpc) is 3.06. The molecule has 2 amide bonds. The summed E-state index contributed by atoms with van der Waals surface area (Å²) in [6, 6.07) is 19.7. The number of benzene rings is 2. The monoisotopic (exact) mass is 352 g/mol. The summed E-state index contributed by atoms with van der Waals surface area (Å²) >= 11 is 1.24. The van der Waals surface area contributed by atoms with E-state index in [-0.39, 0.29) is 5.56 Å². The van der Waals surface area contributed by atoms with Crippen LogP contribution in [-0.2, 0) is 4.79 Å².